The van der Waals surface area contributed by atoms with Crippen molar-refractivity contribution >= 4 is 0 Å². The highest BCUT2D eigenvalue weighted by molar-refractivity contribution is 5.16. The van der Waals surface area contributed by atoms with Gasteiger partial charge in [0.25, 0.3) is 0 Å². The minimum Gasteiger partial charge on any atom is -0.394 e. The quantitative estimate of drug-likeness (QED) is 0.0769. The minimum atomic E-state index is -1.79. The maximum atomic E-state index is 12.2. The average molecular weight is 1080 g/mol. The fourth-order valence-electron chi connectivity index (χ4n) is 15.9. The van der Waals surface area contributed by atoms with Gasteiger partial charge in [0.2, 0.25) is 0 Å². The van der Waals surface area contributed by atoms with Gasteiger partial charge in [0, 0.05) is 19.4 Å². The first-order chi connectivity index (χ1) is 35.4. The molecule has 75 heavy (non-hydrogen) atoms. The van der Waals surface area contributed by atoms with Crippen LogP contribution in [-0.4, -0.2) is 240 Å². The summed E-state index contributed by atoms with van der Waals surface area (Å²) in [6.07, 6.45) is -24.5. The molecule has 5 aliphatic heterocycles. The molecular formula is C52H88O23. The summed E-state index contributed by atoms with van der Waals surface area (Å²) in [5.41, 5.74) is -0.275. The van der Waals surface area contributed by atoms with Crippen molar-refractivity contribution in [1.82, 2.24) is 0 Å². The van der Waals surface area contributed by atoms with E-state index in [4.69, 9.17) is 47.4 Å². The van der Waals surface area contributed by atoms with E-state index in [1.165, 1.54) is 13.8 Å². The number of rotatable bonds is 15. The molecule has 434 valence electrons. The van der Waals surface area contributed by atoms with E-state index >= 15 is 0 Å². The fourth-order valence-corrected chi connectivity index (χ4v) is 15.9. The van der Waals surface area contributed by atoms with E-state index in [1.54, 1.807) is 7.11 Å². The summed E-state index contributed by atoms with van der Waals surface area (Å²) in [6, 6.07) is 0. The molecule has 0 aromatic rings. The third kappa shape index (κ3) is 10.4. The van der Waals surface area contributed by atoms with Crippen molar-refractivity contribution in [1.29, 1.82) is 0 Å². The molecule has 33 atom stereocenters. The first-order valence-corrected chi connectivity index (χ1v) is 27.6. The topological polar surface area (TPSA) is 355 Å². The van der Waals surface area contributed by atoms with Gasteiger partial charge in [-0.3, -0.25) is 0 Å². The zero-order valence-corrected chi connectivity index (χ0v) is 44.2. The molecule has 4 aliphatic carbocycles. The Morgan fingerprint density at radius 2 is 1.17 bits per heavy atom. The molecule has 23 heteroatoms. The van der Waals surface area contributed by atoms with Crippen molar-refractivity contribution in [3.63, 3.8) is 0 Å². The highest BCUT2D eigenvalue weighted by Crippen LogP contribution is 2.71. The van der Waals surface area contributed by atoms with E-state index in [9.17, 15) is 66.4 Å². The molecule has 0 aromatic carbocycles. The number of aliphatic hydroxyl groups excluding tert-OH is 13. The molecule has 0 radical (unpaired) electrons. The molecular weight excluding hydrogens is 993 g/mol. The predicted octanol–water partition coefficient (Wildman–Crippen LogP) is -2.27. The van der Waals surface area contributed by atoms with Gasteiger partial charge in [-0.05, 0) is 112 Å². The Bertz CT molecular complexity index is 1890. The summed E-state index contributed by atoms with van der Waals surface area (Å²) < 4.78 is 61.3. The molecule has 0 spiro atoms. The molecule has 9 rings (SSSR count). The normalized spacial score (nSPS) is 56.4. The maximum absolute atomic E-state index is 12.2. The second kappa shape index (κ2) is 22.8. The van der Waals surface area contributed by atoms with Crippen LogP contribution >= 0.6 is 0 Å². The second-order valence-electron chi connectivity index (χ2n) is 24.6. The Labute approximate surface area is 438 Å². The van der Waals surface area contributed by atoms with Crippen LogP contribution in [0.2, 0.25) is 0 Å². The summed E-state index contributed by atoms with van der Waals surface area (Å²) in [7, 11) is 1.70. The summed E-state index contributed by atoms with van der Waals surface area (Å²) in [4.78, 5) is 0. The van der Waals surface area contributed by atoms with Crippen LogP contribution in [0.1, 0.15) is 99.3 Å². The van der Waals surface area contributed by atoms with Crippen LogP contribution in [0.25, 0.3) is 0 Å². The Hall–Kier alpha value is -0.920. The number of aliphatic hydroxyl groups is 13. The van der Waals surface area contributed by atoms with Gasteiger partial charge in [0.1, 0.15) is 85.5 Å². The van der Waals surface area contributed by atoms with E-state index in [1.807, 2.05) is 6.92 Å². The molecule has 5 heterocycles. The highest BCUT2D eigenvalue weighted by atomic mass is 16.8. The zero-order chi connectivity index (χ0) is 54.4. The average Bonchev–Trinajstić information content (AvgIpc) is 3.85. The van der Waals surface area contributed by atoms with E-state index in [2.05, 4.69) is 20.8 Å². The smallest absolute Gasteiger partial charge is 0.187 e. The zero-order valence-electron chi connectivity index (χ0n) is 44.2. The first-order valence-electron chi connectivity index (χ1n) is 27.6. The van der Waals surface area contributed by atoms with Crippen molar-refractivity contribution in [2.45, 2.75) is 246 Å². The molecule has 4 saturated carbocycles. The Morgan fingerprint density at radius 1 is 0.587 bits per heavy atom. The lowest BCUT2D eigenvalue weighted by atomic mass is 9.44. The highest BCUT2D eigenvalue weighted by Gasteiger charge is 2.69. The van der Waals surface area contributed by atoms with Crippen LogP contribution in [-0.2, 0) is 47.4 Å². The van der Waals surface area contributed by atoms with Gasteiger partial charge in [-0.2, -0.15) is 0 Å². The summed E-state index contributed by atoms with van der Waals surface area (Å²) in [5.74, 6) is 0.710. The lowest BCUT2D eigenvalue weighted by Crippen LogP contribution is -2.67. The van der Waals surface area contributed by atoms with Crippen LogP contribution < -0.4 is 0 Å². The second-order valence-corrected chi connectivity index (χ2v) is 24.6. The van der Waals surface area contributed by atoms with Gasteiger partial charge in [-0.15, -0.1) is 0 Å². The van der Waals surface area contributed by atoms with E-state index in [0.29, 0.717) is 43.4 Å². The van der Waals surface area contributed by atoms with E-state index < -0.39 is 154 Å². The van der Waals surface area contributed by atoms with Gasteiger partial charge in [0.15, 0.2) is 30.9 Å². The molecule has 0 bridgehead atoms. The summed E-state index contributed by atoms with van der Waals surface area (Å²) in [5, 5.41) is 139. The monoisotopic (exact) mass is 1080 g/mol. The molecule has 5 saturated heterocycles. The SMILES string of the molecule is CO[C@@]1(CC[C@@H](C)CO[C@@H]2O[C@H](CO)[C@@H](O)[C@H](O)[C@H]2O)O[C@H]2C[C@H]3[C@@H]4CC[C@H]5C[C@@H](O[C@@H]6O[C@H](CO)[C@@H](O[C@@H]7O[C@@H](C)[C@H](O)[C@@H](O)[C@H]7O)[C@H](O)[C@H]6O[C@@H]6O[C@@H](C)[C@H](O)[C@@H](O)[C@H]6O)[C@H](O)C[C@]5(C)[C@H]4CC[C@]3(C)[C@H]2[C@@H]1C. The standard InChI is InChI=1S/C52H88O23/c1-20(19-67-46-40(62)39(61)36(58)31(17-53)71-46)10-13-52(66-7)21(2)33-30(75-52)15-27-25-9-8-24-14-29(28(55)16-51(24,6)26(25)11-12-50(27,33)5)70-49-45(74-48-42(64)38(60)35(57)23(4)69-48)43(65)44(32(18-54)72-49)73-47-41(63)37(59)34(56)22(3)68-47/h20-49,53-65H,8-19H2,1-7H3/t20-,21+,22+,23+,24+,25-,26+,27+,28-,29-,30+,31-,32-,33+,34+,35+,36-,37-,38-,39+,40-,41-,42-,43+,44-,45-,46-,47+,48+,49-,50+,51+,52+/m1/s1. The van der Waals surface area contributed by atoms with Crippen molar-refractivity contribution in [2.24, 2.45) is 52.3 Å². The summed E-state index contributed by atoms with van der Waals surface area (Å²) in [6.45, 7) is 10.8. The van der Waals surface area contributed by atoms with Gasteiger partial charge < -0.3 is 114 Å². The molecule has 23 nitrogen and oxygen atoms in total. The number of fused-ring (bicyclic) bond motifs is 7. The predicted molar refractivity (Wildman–Crippen MR) is 255 cm³/mol. The van der Waals surface area contributed by atoms with Crippen molar-refractivity contribution in [2.75, 3.05) is 26.9 Å². The van der Waals surface area contributed by atoms with Crippen molar-refractivity contribution < 1.29 is 114 Å². The maximum Gasteiger partial charge on any atom is 0.187 e. The van der Waals surface area contributed by atoms with Crippen molar-refractivity contribution in [3.8, 4) is 0 Å². The number of hydrogen-bond acceptors (Lipinski definition) is 23. The molecule has 9 aliphatic rings. The Kier molecular flexibility index (Phi) is 17.8. The van der Waals surface area contributed by atoms with Crippen LogP contribution in [0, 0.1) is 52.3 Å². The van der Waals surface area contributed by atoms with Gasteiger partial charge >= 0.3 is 0 Å². The molecule has 13 N–H and O–H groups in total. The van der Waals surface area contributed by atoms with Gasteiger partial charge in [-0.1, -0.05) is 27.7 Å². The third-order valence-corrected chi connectivity index (χ3v) is 20.4. The Balaban J connectivity index is 0.852. The van der Waals surface area contributed by atoms with E-state index in [-0.39, 0.29) is 47.2 Å². The van der Waals surface area contributed by atoms with Crippen LogP contribution in [0.15, 0.2) is 0 Å². The van der Waals surface area contributed by atoms with Crippen LogP contribution in [0.4, 0.5) is 0 Å². The van der Waals surface area contributed by atoms with Gasteiger partial charge in [0.05, 0.1) is 50.3 Å². The fraction of sp³-hybridized carbons (Fsp3) is 1.00. The summed E-state index contributed by atoms with van der Waals surface area (Å²) >= 11 is 0. The first kappa shape index (κ1) is 58.7. The van der Waals surface area contributed by atoms with Crippen molar-refractivity contribution in [3.05, 3.63) is 0 Å². The molecule has 9 fully saturated rings. The molecule has 0 unspecified atom stereocenters. The number of methoxy groups -OCH3 is 1. The Morgan fingerprint density at radius 3 is 1.79 bits per heavy atom. The number of hydrogen-bond donors (Lipinski definition) is 13. The van der Waals surface area contributed by atoms with Crippen LogP contribution in [0.3, 0.4) is 0 Å². The third-order valence-electron chi connectivity index (χ3n) is 20.4. The molecule has 0 aromatic heterocycles. The minimum absolute atomic E-state index is 0.0108. The van der Waals surface area contributed by atoms with Crippen LogP contribution in [0.5, 0.6) is 0 Å². The largest absolute Gasteiger partial charge is 0.394 e. The number of ether oxygens (including phenoxy) is 10. The van der Waals surface area contributed by atoms with Gasteiger partial charge in [-0.25, -0.2) is 0 Å². The lowest BCUT2D eigenvalue weighted by Gasteiger charge is -2.62. The van der Waals surface area contributed by atoms with E-state index in [0.717, 1.165) is 32.1 Å². The lowest BCUT2D eigenvalue weighted by molar-refractivity contribution is -0.391. The molecule has 0 amide bonds.